The summed E-state index contributed by atoms with van der Waals surface area (Å²) in [6.07, 6.45) is 4.71. The molecule has 0 amide bonds. The third-order valence-electron chi connectivity index (χ3n) is 3.24. The molecule has 2 unspecified atom stereocenters. The van der Waals surface area contributed by atoms with Crippen LogP contribution in [-0.2, 0) is 0 Å². The van der Waals surface area contributed by atoms with Gasteiger partial charge in [0.1, 0.15) is 0 Å². The largest absolute Gasteiger partial charge is 0.314 e. The zero-order chi connectivity index (χ0) is 12.6. The molecular formula is C13H30N2S. The number of hydrogen-bond donors (Lipinski definition) is 1. The van der Waals surface area contributed by atoms with Crippen LogP contribution >= 0.6 is 11.8 Å². The summed E-state index contributed by atoms with van der Waals surface area (Å²) in [7, 11) is 2.25. The number of thioether (sulfide) groups is 1. The molecule has 2 atom stereocenters. The summed E-state index contributed by atoms with van der Waals surface area (Å²) in [6.45, 7) is 10.2. The summed E-state index contributed by atoms with van der Waals surface area (Å²) in [5.41, 5.74) is 0. The summed E-state index contributed by atoms with van der Waals surface area (Å²) in [5, 5.41) is 3.48. The van der Waals surface area contributed by atoms with E-state index in [2.05, 4.69) is 51.2 Å². The molecule has 1 N–H and O–H groups in total. The summed E-state index contributed by atoms with van der Waals surface area (Å²) in [6, 6.07) is 1.97. The number of nitrogens with zero attached hydrogens (tertiary/aromatic N) is 1. The van der Waals surface area contributed by atoms with Crippen LogP contribution in [0.5, 0.6) is 0 Å². The molecular weight excluding hydrogens is 216 g/mol. The van der Waals surface area contributed by atoms with Crippen molar-refractivity contribution >= 4 is 11.8 Å². The Kier molecular flexibility index (Phi) is 9.47. The second-order valence-electron chi connectivity index (χ2n) is 5.04. The Morgan fingerprint density at radius 2 is 1.62 bits per heavy atom. The molecule has 16 heavy (non-hydrogen) atoms. The van der Waals surface area contributed by atoms with Crippen LogP contribution in [0.3, 0.4) is 0 Å². The Morgan fingerprint density at radius 3 is 2.12 bits per heavy atom. The van der Waals surface area contributed by atoms with E-state index in [1.807, 2.05) is 11.8 Å². The van der Waals surface area contributed by atoms with Crippen LogP contribution in [0.1, 0.15) is 40.5 Å². The van der Waals surface area contributed by atoms with Gasteiger partial charge < -0.3 is 10.2 Å². The van der Waals surface area contributed by atoms with E-state index >= 15 is 0 Å². The molecule has 0 saturated heterocycles. The van der Waals surface area contributed by atoms with Crippen molar-refractivity contribution in [2.24, 2.45) is 0 Å². The number of hydrogen-bond acceptors (Lipinski definition) is 3. The van der Waals surface area contributed by atoms with Gasteiger partial charge >= 0.3 is 0 Å². The van der Waals surface area contributed by atoms with Crippen molar-refractivity contribution in [3.63, 3.8) is 0 Å². The smallest absolute Gasteiger partial charge is 0.00787 e. The van der Waals surface area contributed by atoms with Crippen molar-refractivity contribution in [2.75, 3.05) is 25.6 Å². The summed E-state index contributed by atoms with van der Waals surface area (Å²) < 4.78 is 0. The normalized spacial score (nSPS) is 15.8. The minimum Gasteiger partial charge on any atom is -0.314 e. The molecule has 0 aromatic rings. The van der Waals surface area contributed by atoms with Gasteiger partial charge in [0, 0.05) is 18.1 Å². The maximum atomic E-state index is 3.48. The van der Waals surface area contributed by atoms with Crippen molar-refractivity contribution < 1.29 is 0 Å². The SMILES string of the molecule is CSCCC(C)N(C)C(C)CCNC(C)C. The third-order valence-corrected chi connectivity index (χ3v) is 3.89. The first-order valence-corrected chi connectivity index (χ1v) is 7.82. The van der Waals surface area contributed by atoms with E-state index in [-0.39, 0.29) is 0 Å². The van der Waals surface area contributed by atoms with Crippen LogP contribution in [0.25, 0.3) is 0 Å². The van der Waals surface area contributed by atoms with E-state index in [1.54, 1.807) is 0 Å². The molecule has 2 nitrogen and oxygen atoms in total. The Bertz CT molecular complexity index is 162. The molecule has 0 fully saturated rings. The molecule has 0 heterocycles. The lowest BCUT2D eigenvalue weighted by atomic mass is 10.1. The lowest BCUT2D eigenvalue weighted by Crippen LogP contribution is -2.39. The molecule has 0 saturated carbocycles. The predicted molar refractivity (Wildman–Crippen MR) is 77.4 cm³/mol. The van der Waals surface area contributed by atoms with E-state index in [0.29, 0.717) is 18.1 Å². The van der Waals surface area contributed by atoms with Crippen LogP contribution in [0.2, 0.25) is 0 Å². The monoisotopic (exact) mass is 246 g/mol. The second-order valence-corrected chi connectivity index (χ2v) is 6.03. The minimum absolute atomic E-state index is 0.603. The summed E-state index contributed by atoms with van der Waals surface area (Å²) >= 11 is 1.94. The van der Waals surface area contributed by atoms with Gasteiger partial charge in [0.2, 0.25) is 0 Å². The highest BCUT2D eigenvalue weighted by Gasteiger charge is 2.14. The Balaban J connectivity index is 3.74. The topological polar surface area (TPSA) is 15.3 Å². The van der Waals surface area contributed by atoms with Crippen molar-refractivity contribution in [3.05, 3.63) is 0 Å². The highest BCUT2D eigenvalue weighted by atomic mass is 32.2. The first-order valence-electron chi connectivity index (χ1n) is 6.43. The van der Waals surface area contributed by atoms with Gasteiger partial charge in [0.25, 0.3) is 0 Å². The van der Waals surface area contributed by atoms with Crippen molar-refractivity contribution in [1.29, 1.82) is 0 Å². The standard InChI is InChI=1S/C13H30N2S/c1-11(2)14-9-7-12(3)15(5)13(4)8-10-16-6/h11-14H,7-10H2,1-6H3. The van der Waals surface area contributed by atoms with Gasteiger partial charge in [-0.2, -0.15) is 11.8 Å². The van der Waals surface area contributed by atoms with E-state index in [1.165, 1.54) is 18.6 Å². The van der Waals surface area contributed by atoms with E-state index in [4.69, 9.17) is 0 Å². The van der Waals surface area contributed by atoms with Crippen molar-refractivity contribution in [3.8, 4) is 0 Å². The van der Waals surface area contributed by atoms with E-state index < -0.39 is 0 Å². The zero-order valence-electron chi connectivity index (χ0n) is 11.9. The van der Waals surface area contributed by atoms with Gasteiger partial charge in [-0.05, 0) is 52.3 Å². The van der Waals surface area contributed by atoms with Crippen molar-refractivity contribution in [2.45, 2.75) is 58.7 Å². The van der Waals surface area contributed by atoms with Crippen LogP contribution in [0.15, 0.2) is 0 Å². The average molecular weight is 246 g/mol. The highest BCUT2D eigenvalue weighted by molar-refractivity contribution is 7.98. The summed E-state index contributed by atoms with van der Waals surface area (Å²) in [4.78, 5) is 2.51. The average Bonchev–Trinajstić information content (AvgIpc) is 2.24. The molecule has 0 spiro atoms. The molecule has 0 aliphatic carbocycles. The minimum atomic E-state index is 0.603. The predicted octanol–water partition coefficient (Wildman–Crippen LogP) is 2.84. The Hall–Kier alpha value is 0.270. The zero-order valence-corrected chi connectivity index (χ0v) is 12.7. The molecule has 0 aromatic carbocycles. The fourth-order valence-corrected chi connectivity index (χ4v) is 2.29. The summed E-state index contributed by atoms with van der Waals surface area (Å²) in [5.74, 6) is 1.27. The Labute approximate surface area is 107 Å². The fourth-order valence-electron chi connectivity index (χ4n) is 1.71. The molecule has 0 radical (unpaired) electrons. The van der Waals surface area contributed by atoms with E-state index in [9.17, 15) is 0 Å². The van der Waals surface area contributed by atoms with Crippen LogP contribution < -0.4 is 5.32 Å². The first-order chi connectivity index (χ1) is 7.49. The lowest BCUT2D eigenvalue weighted by Gasteiger charge is -2.31. The molecule has 0 aliphatic heterocycles. The van der Waals surface area contributed by atoms with Crippen LogP contribution in [-0.4, -0.2) is 48.6 Å². The van der Waals surface area contributed by atoms with Gasteiger partial charge in [0.15, 0.2) is 0 Å². The lowest BCUT2D eigenvalue weighted by molar-refractivity contribution is 0.183. The first kappa shape index (κ1) is 16.3. The maximum Gasteiger partial charge on any atom is 0.00787 e. The quantitative estimate of drug-likeness (QED) is 0.673. The van der Waals surface area contributed by atoms with Gasteiger partial charge in [-0.25, -0.2) is 0 Å². The molecule has 0 bridgehead atoms. The highest BCUT2D eigenvalue weighted by Crippen LogP contribution is 2.11. The van der Waals surface area contributed by atoms with Gasteiger partial charge in [0.05, 0.1) is 0 Å². The Morgan fingerprint density at radius 1 is 1.06 bits per heavy atom. The molecule has 0 aliphatic rings. The fraction of sp³-hybridized carbons (Fsp3) is 1.00. The number of rotatable bonds is 9. The van der Waals surface area contributed by atoms with Gasteiger partial charge in [-0.1, -0.05) is 13.8 Å². The maximum absolute atomic E-state index is 3.48. The van der Waals surface area contributed by atoms with Crippen LogP contribution in [0.4, 0.5) is 0 Å². The van der Waals surface area contributed by atoms with Gasteiger partial charge in [-0.15, -0.1) is 0 Å². The second kappa shape index (κ2) is 9.32. The van der Waals surface area contributed by atoms with Crippen molar-refractivity contribution in [1.82, 2.24) is 10.2 Å². The third kappa shape index (κ3) is 7.53. The van der Waals surface area contributed by atoms with E-state index in [0.717, 1.165) is 6.54 Å². The molecule has 3 heteroatoms. The molecule has 0 aromatic heterocycles. The molecule has 0 rings (SSSR count). The number of nitrogens with one attached hydrogen (secondary N) is 1. The van der Waals surface area contributed by atoms with Crippen LogP contribution in [0, 0.1) is 0 Å². The molecule has 98 valence electrons. The van der Waals surface area contributed by atoms with Gasteiger partial charge in [-0.3, -0.25) is 0 Å².